The molecule has 4 amide bonds. The number of imide groups is 1. The second-order valence-corrected chi connectivity index (χ2v) is 7.16. The third kappa shape index (κ3) is 3.63. The lowest BCUT2D eigenvalue weighted by atomic mass is 10.1. The number of hydrogen-bond acceptors (Lipinski definition) is 5. The Morgan fingerprint density at radius 3 is 2.23 bits per heavy atom. The van der Waals surface area contributed by atoms with Crippen molar-refractivity contribution in [3.63, 3.8) is 0 Å². The summed E-state index contributed by atoms with van der Waals surface area (Å²) in [6.07, 6.45) is 1.75. The van der Waals surface area contributed by atoms with Crippen LogP contribution >= 0.6 is 0 Å². The van der Waals surface area contributed by atoms with Crippen molar-refractivity contribution in [3.8, 4) is 5.75 Å². The lowest BCUT2D eigenvalue weighted by Crippen LogP contribution is -2.28. The summed E-state index contributed by atoms with van der Waals surface area (Å²) in [5.41, 5.74) is 2.06. The first-order valence-corrected chi connectivity index (χ1v) is 9.73. The molecule has 2 aliphatic rings. The van der Waals surface area contributed by atoms with E-state index >= 15 is 0 Å². The number of rotatable bonds is 5. The standard InChI is InChI=1S/C22H21N3O5/c1-30-18-13-15(6-9-17(18)24-12-2-3-19(24)26)23-22(29)14-4-7-16(8-5-14)25-20(27)10-11-21(25)28/h4-9,13H,2-3,10-12H2,1H3,(H,23,29). The SMILES string of the molecule is COc1cc(NC(=O)c2ccc(N3C(=O)CCC3=O)cc2)ccc1N1CCCC1=O. The first-order chi connectivity index (χ1) is 14.5. The molecular formula is C22H21N3O5. The van der Waals surface area contributed by atoms with Gasteiger partial charge in [-0.05, 0) is 42.8 Å². The topological polar surface area (TPSA) is 96.0 Å². The van der Waals surface area contributed by atoms with Gasteiger partial charge in [-0.2, -0.15) is 0 Å². The van der Waals surface area contributed by atoms with Gasteiger partial charge in [0.1, 0.15) is 5.75 Å². The molecule has 0 aromatic heterocycles. The number of anilines is 3. The highest BCUT2D eigenvalue weighted by Crippen LogP contribution is 2.34. The van der Waals surface area contributed by atoms with Crippen LogP contribution in [-0.2, 0) is 14.4 Å². The summed E-state index contributed by atoms with van der Waals surface area (Å²) in [6, 6.07) is 11.4. The number of methoxy groups -OCH3 is 1. The number of carbonyl (C=O) groups excluding carboxylic acids is 4. The van der Waals surface area contributed by atoms with E-state index in [0.717, 1.165) is 11.3 Å². The largest absolute Gasteiger partial charge is 0.494 e. The molecule has 0 aliphatic carbocycles. The van der Waals surface area contributed by atoms with Crippen LogP contribution in [0.15, 0.2) is 42.5 Å². The molecule has 2 aromatic rings. The van der Waals surface area contributed by atoms with Crippen LogP contribution in [0.25, 0.3) is 0 Å². The van der Waals surface area contributed by atoms with Crippen LogP contribution in [0.3, 0.4) is 0 Å². The average molecular weight is 407 g/mol. The van der Waals surface area contributed by atoms with Crippen molar-refractivity contribution < 1.29 is 23.9 Å². The van der Waals surface area contributed by atoms with Gasteiger partial charge in [-0.25, -0.2) is 0 Å². The smallest absolute Gasteiger partial charge is 0.255 e. The summed E-state index contributed by atoms with van der Waals surface area (Å²) < 4.78 is 5.41. The van der Waals surface area contributed by atoms with E-state index in [1.807, 2.05) is 0 Å². The molecule has 0 atom stereocenters. The Labute approximate surface area is 173 Å². The van der Waals surface area contributed by atoms with E-state index in [2.05, 4.69) is 5.32 Å². The van der Waals surface area contributed by atoms with Crippen LogP contribution in [0.4, 0.5) is 17.1 Å². The van der Waals surface area contributed by atoms with Crippen molar-refractivity contribution in [1.82, 2.24) is 0 Å². The van der Waals surface area contributed by atoms with Gasteiger partial charge < -0.3 is 15.0 Å². The van der Waals surface area contributed by atoms with Crippen molar-refractivity contribution in [1.29, 1.82) is 0 Å². The minimum atomic E-state index is -0.340. The Balaban J connectivity index is 1.49. The van der Waals surface area contributed by atoms with Gasteiger partial charge in [0.25, 0.3) is 5.91 Å². The van der Waals surface area contributed by atoms with Crippen molar-refractivity contribution in [2.24, 2.45) is 0 Å². The molecule has 1 N–H and O–H groups in total. The zero-order valence-electron chi connectivity index (χ0n) is 16.5. The maximum atomic E-state index is 12.6. The van der Waals surface area contributed by atoms with Gasteiger partial charge in [-0.1, -0.05) is 0 Å². The maximum absolute atomic E-state index is 12.6. The van der Waals surface area contributed by atoms with Crippen LogP contribution in [-0.4, -0.2) is 37.3 Å². The maximum Gasteiger partial charge on any atom is 0.255 e. The Morgan fingerprint density at radius 1 is 0.933 bits per heavy atom. The lowest BCUT2D eigenvalue weighted by molar-refractivity contribution is -0.121. The molecule has 2 saturated heterocycles. The van der Waals surface area contributed by atoms with E-state index in [4.69, 9.17) is 4.74 Å². The third-order valence-electron chi connectivity index (χ3n) is 5.24. The predicted molar refractivity (Wildman–Crippen MR) is 111 cm³/mol. The van der Waals surface area contributed by atoms with Crippen molar-refractivity contribution >= 4 is 40.7 Å². The second-order valence-electron chi connectivity index (χ2n) is 7.16. The number of benzene rings is 2. The van der Waals surface area contributed by atoms with Gasteiger partial charge in [-0.3, -0.25) is 24.1 Å². The number of hydrogen-bond donors (Lipinski definition) is 1. The van der Waals surface area contributed by atoms with Gasteiger partial charge in [0.05, 0.1) is 18.5 Å². The zero-order chi connectivity index (χ0) is 21.3. The quantitative estimate of drug-likeness (QED) is 0.769. The molecule has 2 heterocycles. The summed E-state index contributed by atoms with van der Waals surface area (Å²) in [5.74, 6) is -0.251. The average Bonchev–Trinajstić information content (AvgIpc) is 3.32. The zero-order valence-corrected chi connectivity index (χ0v) is 16.5. The highest BCUT2D eigenvalue weighted by Gasteiger charge is 2.30. The first-order valence-electron chi connectivity index (χ1n) is 9.73. The fourth-order valence-corrected chi connectivity index (χ4v) is 3.71. The summed E-state index contributed by atoms with van der Waals surface area (Å²) in [6.45, 7) is 0.648. The van der Waals surface area contributed by atoms with Gasteiger partial charge in [0.2, 0.25) is 17.7 Å². The molecule has 0 spiro atoms. The van der Waals surface area contributed by atoms with E-state index in [9.17, 15) is 19.2 Å². The van der Waals surface area contributed by atoms with Gasteiger partial charge in [0, 0.05) is 43.1 Å². The van der Waals surface area contributed by atoms with Crippen molar-refractivity contribution in [2.75, 3.05) is 28.8 Å². The molecule has 0 bridgehead atoms. The molecule has 2 fully saturated rings. The van der Waals surface area contributed by atoms with Gasteiger partial charge >= 0.3 is 0 Å². The molecule has 0 unspecified atom stereocenters. The minimum absolute atomic E-state index is 0.0557. The van der Waals surface area contributed by atoms with Gasteiger partial charge in [0.15, 0.2) is 0 Å². The summed E-state index contributed by atoms with van der Waals surface area (Å²) in [7, 11) is 1.52. The fourth-order valence-electron chi connectivity index (χ4n) is 3.71. The monoisotopic (exact) mass is 407 g/mol. The van der Waals surface area contributed by atoms with E-state index < -0.39 is 0 Å². The van der Waals surface area contributed by atoms with Crippen LogP contribution in [0.5, 0.6) is 5.75 Å². The van der Waals surface area contributed by atoms with E-state index in [1.54, 1.807) is 47.4 Å². The fraction of sp³-hybridized carbons (Fsp3) is 0.273. The molecule has 2 aliphatic heterocycles. The predicted octanol–water partition coefficient (Wildman–Crippen LogP) is 2.73. The molecule has 30 heavy (non-hydrogen) atoms. The number of carbonyl (C=O) groups is 4. The number of amides is 4. The molecular weight excluding hydrogens is 386 g/mol. The molecule has 0 saturated carbocycles. The minimum Gasteiger partial charge on any atom is -0.494 e. The van der Waals surface area contributed by atoms with Crippen molar-refractivity contribution in [2.45, 2.75) is 25.7 Å². The first kappa shape index (κ1) is 19.6. The molecule has 8 heteroatoms. The van der Waals surface area contributed by atoms with Gasteiger partial charge in [-0.15, -0.1) is 0 Å². The highest BCUT2D eigenvalue weighted by atomic mass is 16.5. The van der Waals surface area contributed by atoms with E-state index in [1.165, 1.54) is 7.11 Å². The molecule has 2 aromatic carbocycles. The summed E-state index contributed by atoms with van der Waals surface area (Å²) in [4.78, 5) is 51.1. The Bertz CT molecular complexity index is 1020. The Hall–Kier alpha value is -3.68. The molecule has 8 nitrogen and oxygen atoms in total. The molecule has 154 valence electrons. The van der Waals surface area contributed by atoms with Crippen LogP contribution in [0, 0.1) is 0 Å². The van der Waals surface area contributed by atoms with Crippen LogP contribution in [0.1, 0.15) is 36.0 Å². The highest BCUT2D eigenvalue weighted by molar-refractivity contribution is 6.20. The van der Waals surface area contributed by atoms with Crippen molar-refractivity contribution in [3.05, 3.63) is 48.0 Å². The third-order valence-corrected chi connectivity index (χ3v) is 5.24. The van der Waals surface area contributed by atoms with E-state index in [0.29, 0.717) is 41.3 Å². The lowest BCUT2D eigenvalue weighted by Gasteiger charge is -2.19. The number of nitrogens with zero attached hydrogens (tertiary/aromatic N) is 2. The number of nitrogens with one attached hydrogen (secondary N) is 1. The summed E-state index contributed by atoms with van der Waals surface area (Å²) in [5, 5.41) is 2.80. The normalized spacial score (nSPS) is 16.4. The molecule has 4 rings (SSSR count). The molecule has 0 radical (unpaired) electrons. The van der Waals surface area contributed by atoms with E-state index in [-0.39, 0.29) is 36.5 Å². The Kier molecular flexibility index (Phi) is 5.22. The summed E-state index contributed by atoms with van der Waals surface area (Å²) >= 11 is 0. The number of ether oxygens (including phenoxy) is 1. The second kappa shape index (κ2) is 7.98. The Morgan fingerprint density at radius 2 is 1.63 bits per heavy atom. The van der Waals surface area contributed by atoms with Crippen LogP contribution < -0.4 is 19.9 Å². The van der Waals surface area contributed by atoms with Crippen LogP contribution in [0.2, 0.25) is 0 Å².